The normalized spacial score (nSPS) is 16.2. The smallest absolute Gasteiger partial charge is 0.222 e. The molecule has 1 saturated heterocycles. The maximum Gasteiger partial charge on any atom is 0.222 e. The fraction of sp³-hybridized carbons (Fsp3) is 0.857. The number of nitrogens with zero attached hydrogens (tertiary/aromatic N) is 1. The minimum Gasteiger partial charge on any atom is -0.362 e. The zero-order chi connectivity index (χ0) is 15.0. The summed E-state index contributed by atoms with van der Waals surface area (Å²) >= 11 is 1.33. The van der Waals surface area contributed by atoms with Gasteiger partial charge in [-0.2, -0.15) is 0 Å². The molecule has 0 spiro atoms. The van der Waals surface area contributed by atoms with Gasteiger partial charge in [0, 0.05) is 39.5 Å². The van der Waals surface area contributed by atoms with Gasteiger partial charge in [-0.3, -0.25) is 9.59 Å². The quantitative estimate of drug-likeness (QED) is 0.535. The number of hydrogen-bond donors (Lipinski definition) is 0. The number of rotatable bonds is 7. The topological polar surface area (TPSA) is 46.6 Å². The Morgan fingerprint density at radius 1 is 1.25 bits per heavy atom. The lowest BCUT2D eigenvalue weighted by molar-refractivity contribution is -0.129. The summed E-state index contributed by atoms with van der Waals surface area (Å²) in [4.78, 5) is 25.4. The van der Waals surface area contributed by atoms with E-state index in [1.807, 2.05) is 25.7 Å². The molecule has 1 heterocycles. The molecule has 0 aliphatic carbocycles. The summed E-state index contributed by atoms with van der Waals surface area (Å²) in [5.41, 5.74) is -0.283. The van der Waals surface area contributed by atoms with Crippen molar-refractivity contribution in [3.63, 3.8) is 0 Å². The number of thioether (sulfide) groups is 1. The summed E-state index contributed by atoms with van der Waals surface area (Å²) in [5.74, 6) is 0.958. The van der Waals surface area contributed by atoms with Crippen LogP contribution in [-0.4, -0.2) is 47.5 Å². The molecule has 116 valence electrons. The largest absolute Gasteiger partial charge is 0.362 e. The fourth-order valence-electron chi connectivity index (χ4n) is 1.82. The molecule has 0 aromatic heterocycles. The van der Waals surface area contributed by atoms with Gasteiger partial charge in [-0.05, 0) is 19.0 Å². The van der Waals surface area contributed by atoms with Crippen LogP contribution in [0.25, 0.3) is 0 Å². The first-order chi connectivity index (χ1) is 9.41. The second-order valence-corrected chi connectivity index (χ2v) is 8.11. The van der Waals surface area contributed by atoms with Crippen LogP contribution in [0, 0.1) is 5.41 Å². The third-order valence-electron chi connectivity index (χ3n) is 3.03. The Morgan fingerprint density at radius 3 is 2.50 bits per heavy atom. The molecule has 0 aromatic rings. The van der Waals surface area contributed by atoms with Crippen LogP contribution < -0.4 is 0 Å². The van der Waals surface area contributed by atoms with Gasteiger partial charge in [0.15, 0.2) is 5.12 Å². The van der Waals surface area contributed by atoms with E-state index in [9.17, 15) is 9.59 Å². The van der Waals surface area contributed by atoms with Crippen LogP contribution in [-0.2, 0) is 14.1 Å². The van der Waals surface area contributed by atoms with E-state index in [1.54, 1.807) is 0 Å². The van der Waals surface area contributed by atoms with Crippen molar-refractivity contribution >= 4 is 31.6 Å². The van der Waals surface area contributed by atoms with Gasteiger partial charge in [0.25, 0.3) is 0 Å². The van der Waals surface area contributed by atoms with Gasteiger partial charge in [-0.1, -0.05) is 32.5 Å². The number of carbonyl (C=O) groups is 2. The van der Waals surface area contributed by atoms with Gasteiger partial charge >= 0.3 is 0 Å². The first kappa shape index (κ1) is 17.9. The van der Waals surface area contributed by atoms with E-state index in [4.69, 9.17) is 4.52 Å². The number of hydrogen-bond acceptors (Lipinski definition) is 4. The standard InChI is InChI=1S/C14H26NO3PS/c1-14(2,3)13(17)20-11-9-18-19-10-6-12(16)15-7-4-5-8-15/h19H,4-11H2,1-3H3. The minimum atomic E-state index is -0.283. The van der Waals surface area contributed by atoms with Crippen molar-refractivity contribution in [2.24, 2.45) is 5.41 Å². The molecule has 0 N–H and O–H groups in total. The molecule has 4 nitrogen and oxygen atoms in total. The molecule has 6 heteroatoms. The Bertz CT molecular complexity index is 325. The van der Waals surface area contributed by atoms with Crippen molar-refractivity contribution < 1.29 is 14.1 Å². The number of amides is 1. The third-order valence-corrected chi connectivity index (χ3v) is 5.14. The van der Waals surface area contributed by atoms with E-state index in [-0.39, 0.29) is 16.4 Å². The van der Waals surface area contributed by atoms with Crippen LogP contribution in [0.2, 0.25) is 0 Å². The predicted molar refractivity (Wildman–Crippen MR) is 86.5 cm³/mol. The van der Waals surface area contributed by atoms with E-state index in [1.165, 1.54) is 11.8 Å². The van der Waals surface area contributed by atoms with E-state index < -0.39 is 0 Å². The Labute approximate surface area is 128 Å². The Morgan fingerprint density at radius 2 is 1.90 bits per heavy atom. The summed E-state index contributed by atoms with van der Waals surface area (Å²) in [6.07, 6.45) is 3.67. The molecule has 1 fully saturated rings. The van der Waals surface area contributed by atoms with Crippen LogP contribution in [0.1, 0.15) is 40.0 Å². The van der Waals surface area contributed by atoms with Gasteiger partial charge in [-0.25, -0.2) is 0 Å². The summed E-state index contributed by atoms with van der Waals surface area (Å²) in [5, 5.41) is 0.202. The first-order valence-electron chi connectivity index (χ1n) is 7.21. The zero-order valence-electron chi connectivity index (χ0n) is 12.7. The summed E-state index contributed by atoms with van der Waals surface area (Å²) in [7, 11) is 0.359. The second kappa shape index (κ2) is 9.01. The van der Waals surface area contributed by atoms with E-state index in [2.05, 4.69) is 0 Å². The highest BCUT2D eigenvalue weighted by Crippen LogP contribution is 2.23. The Balaban J connectivity index is 1.94. The molecule has 1 rings (SSSR count). The summed E-state index contributed by atoms with van der Waals surface area (Å²) in [6.45, 7) is 8.21. The van der Waals surface area contributed by atoms with Crippen LogP contribution >= 0.6 is 20.6 Å². The average Bonchev–Trinajstić information content (AvgIpc) is 2.89. The average molecular weight is 319 g/mol. The van der Waals surface area contributed by atoms with Gasteiger partial charge in [-0.15, -0.1) is 0 Å². The lowest BCUT2D eigenvalue weighted by Crippen LogP contribution is -2.27. The molecule has 1 aliphatic heterocycles. The second-order valence-electron chi connectivity index (χ2n) is 5.97. The van der Waals surface area contributed by atoms with E-state index in [0.717, 1.165) is 32.1 Å². The monoisotopic (exact) mass is 319 g/mol. The SMILES string of the molecule is CC(C)(C)C(=O)SCCOPCCC(=O)N1CCCC1. The highest BCUT2D eigenvalue weighted by Gasteiger charge is 2.21. The van der Waals surface area contributed by atoms with Crippen molar-refractivity contribution in [2.75, 3.05) is 31.6 Å². The number of carbonyl (C=O) groups excluding carboxylic acids is 2. The minimum absolute atomic E-state index is 0.202. The highest BCUT2D eigenvalue weighted by molar-refractivity contribution is 8.13. The van der Waals surface area contributed by atoms with Crippen molar-refractivity contribution in [1.29, 1.82) is 0 Å². The summed E-state index contributed by atoms with van der Waals surface area (Å²) in [6, 6.07) is 0. The van der Waals surface area contributed by atoms with Crippen LogP contribution in [0.15, 0.2) is 0 Å². The van der Waals surface area contributed by atoms with Crippen LogP contribution in [0.4, 0.5) is 0 Å². The van der Waals surface area contributed by atoms with Crippen molar-refractivity contribution in [3.05, 3.63) is 0 Å². The van der Waals surface area contributed by atoms with Crippen LogP contribution in [0.3, 0.4) is 0 Å². The highest BCUT2D eigenvalue weighted by atomic mass is 32.2. The maximum absolute atomic E-state index is 11.8. The van der Waals surface area contributed by atoms with Crippen molar-refractivity contribution in [1.82, 2.24) is 4.90 Å². The molecule has 1 amide bonds. The zero-order valence-corrected chi connectivity index (χ0v) is 14.6. The molecule has 0 bridgehead atoms. The maximum atomic E-state index is 11.8. The van der Waals surface area contributed by atoms with Gasteiger partial charge in [0.05, 0.1) is 6.61 Å². The molecule has 1 unspecified atom stereocenters. The molecule has 0 saturated carbocycles. The predicted octanol–water partition coefficient (Wildman–Crippen LogP) is 2.91. The number of likely N-dealkylation sites (tertiary alicyclic amines) is 1. The molecular formula is C14H26NO3PS. The first-order valence-corrected chi connectivity index (χ1v) is 9.31. The molecule has 0 radical (unpaired) electrons. The summed E-state index contributed by atoms with van der Waals surface area (Å²) < 4.78 is 5.49. The van der Waals surface area contributed by atoms with E-state index >= 15 is 0 Å². The molecule has 1 aliphatic rings. The Hall–Kier alpha value is -0.120. The molecular weight excluding hydrogens is 293 g/mol. The van der Waals surface area contributed by atoms with E-state index in [0.29, 0.717) is 27.6 Å². The third kappa shape index (κ3) is 7.05. The lowest BCUT2D eigenvalue weighted by atomic mass is 10.00. The Kier molecular flexibility index (Phi) is 8.08. The van der Waals surface area contributed by atoms with Crippen molar-refractivity contribution in [2.45, 2.75) is 40.0 Å². The molecule has 1 atom stereocenters. The lowest BCUT2D eigenvalue weighted by Gasteiger charge is -2.15. The van der Waals surface area contributed by atoms with Crippen LogP contribution in [0.5, 0.6) is 0 Å². The van der Waals surface area contributed by atoms with Gasteiger partial charge in [0.2, 0.25) is 5.91 Å². The fourth-order valence-corrected chi connectivity index (χ4v) is 3.46. The van der Waals surface area contributed by atoms with Gasteiger partial charge < -0.3 is 9.42 Å². The van der Waals surface area contributed by atoms with Gasteiger partial charge in [0.1, 0.15) is 0 Å². The molecule has 0 aromatic carbocycles. The molecule has 20 heavy (non-hydrogen) atoms. The van der Waals surface area contributed by atoms with Crippen molar-refractivity contribution in [3.8, 4) is 0 Å².